The lowest BCUT2D eigenvalue weighted by Gasteiger charge is -2.27. The second-order valence-corrected chi connectivity index (χ2v) is 10.7. The topological polar surface area (TPSA) is 9.23 Å². The molecule has 1 nitrogen and oxygen atoms in total. The first-order valence-electron chi connectivity index (χ1n) is 13.5. The van der Waals surface area contributed by atoms with E-state index in [1.807, 2.05) is 31.2 Å². The molecular weight excluding hydrogens is 457 g/mol. The number of hydrogen-bond acceptors (Lipinski definition) is 1. The molecule has 0 heterocycles. The highest BCUT2D eigenvalue weighted by molar-refractivity contribution is 5.28. The van der Waals surface area contributed by atoms with Gasteiger partial charge in [0.2, 0.25) is 0 Å². The zero-order chi connectivity index (χ0) is 25.5. The van der Waals surface area contributed by atoms with E-state index < -0.39 is 25.0 Å². The van der Waals surface area contributed by atoms with Crippen LogP contribution in [0.5, 0.6) is 0 Å². The molecule has 0 aliphatic heterocycles. The van der Waals surface area contributed by atoms with E-state index in [9.17, 15) is 13.2 Å². The van der Waals surface area contributed by atoms with Gasteiger partial charge in [-0.05, 0) is 105 Å². The molecule has 2 aliphatic rings. The molecule has 194 valence electrons. The summed E-state index contributed by atoms with van der Waals surface area (Å²) < 4.78 is 48.8. The van der Waals surface area contributed by atoms with Crippen LogP contribution in [0.25, 0.3) is 0 Å². The highest BCUT2D eigenvalue weighted by Crippen LogP contribution is 2.38. The molecule has 0 aromatic heterocycles. The van der Waals surface area contributed by atoms with Gasteiger partial charge < -0.3 is 4.74 Å². The number of alkyl halides is 2. The van der Waals surface area contributed by atoms with Gasteiger partial charge in [0, 0.05) is 5.56 Å². The van der Waals surface area contributed by atoms with E-state index >= 15 is 0 Å². The fourth-order valence-electron chi connectivity index (χ4n) is 5.92. The Labute approximate surface area is 214 Å². The minimum atomic E-state index is -3.36. The van der Waals surface area contributed by atoms with Crippen LogP contribution >= 0.6 is 0 Å². The van der Waals surface area contributed by atoms with Gasteiger partial charge in [0.1, 0.15) is 5.82 Å². The molecule has 2 aliphatic carbocycles. The van der Waals surface area contributed by atoms with Gasteiger partial charge in [-0.25, -0.2) is 4.39 Å². The Balaban J connectivity index is 1.28. The van der Waals surface area contributed by atoms with Crippen molar-refractivity contribution in [2.75, 3.05) is 0 Å². The smallest absolute Gasteiger partial charge is 0.315 e. The van der Waals surface area contributed by atoms with E-state index in [1.165, 1.54) is 11.6 Å². The molecular formula is C32H39F3O. The second-order valence-electron chi connectivity index (χ2n) is 10.7. The second kappa shape index (κ2) is 12.3. The third kappa shape index (κ3) is 7.12. The fourth-order valence-corrected chi connectivity index (χ4v) is 5.92. The molecule has 4 rings (SSSR count). The highest BCUT2D eigenvalue weighted by atomic mass is 19.3. The first kappa shape index (κ1) is 26.7. The summed E-state index contributed by atoms with van der Waals surface area (Å²) in [4.78, 5) is 0. The van der Waals surface area contributed by atoms with Crippen LogP contribution in [0.4, 0.5) is 13.2 Å². The van der Waals surface area contributed by atoms with Crippen LogP contribution in [0, 0.1) is 17.7 Å². The van der Waals surface area contributed by atoms with E-state index in [4.69, 9.17) is 4.74 Å². The number of ether oxygens (including phenoxy) is 1. The van der Waals surface area contributed by atoms with Crippen molar-refractivity contribution in [1.29, 1.82) is 0 Å². The minimum Gasteiger partial charge on any atom is -0.315 e. The van der Waals surface area contributed by atoms with Gasteiger partial charge in [0.25, 0.3) is 0 Å². The van der Waals surface area contributed by atoms with Crippen molar-refractivity contribution in [1.82, 2.24) is 0 Å². The lowest BCUT2D eigenvalue weighted by molar-refractivity contribution is -0.244. The lowest BCUT2D eigenvalue weighted by Crippen LogP contribution is -2.24. The molecule has 0 spiro atoms. The van der Waals surface area contributed by atoms with Crippen molar-refractivity contribution in [2.45, 2.75) is 89.3 Å². The van der Waals surface area contributed by atoms with E-state index in [0.717, 1.165) is 56.9 Å². The average Bonchev–Trinajstić information content (AvgIpc) is 2.89. The molecule has 0 atom stereocenters. The normalized spacial score (nSPS) is 25.2. The van der Waals surface area contributed by atoms with Crippen LogP contribution in [0.15, 0.2) is 67.3 Å². The molecule has 0 radical (unpaired) electrons. The van der Waals surface area contributed by atoms with E-state index in [2.05, 4.69) is 18.7 Å². The molecule has 2 aromatic rings. The summed E-state index contributed by atoms with van der Waals surface area (Å²) >= 11 is 0. The lowest BCUT2D eigenvalue weighted by atomic mass is 9.78. The molecule has 0 unspecified atom stereocenters. The molecule has 0 amide bonds. The standard InChI is InChI=1S/C32H39F3O/c1-3-5-24-8-14-28(15-9-24)29-18-19-30(31(33)20-29)22-36-32(34,35)21-25-10-16-27(17-11-25)26-12-6-23(4-2)7-13-26/h3-5,10-11,16-20,23-24,26,28H,2,6-9,12-15,21-22H2,1H3/b5-3+. The van der Waals surface area contributed by atoms with Gasteiger partial charge in [0.05, 0.1) is 13.0 Å². The van der Waals surface area contributed by atoms with Crippen LogP contribution in [0.3, 0.4) is 0 Å². The molecule has 0 saturated heterocycles. The number of rotatable bonds is 9. The van der Waals surface area contributed by atoms with Crippen molar-refractivity contribution in [3.63, 3.8) is 0 Å². The summed E-state index contributed by atoms with van der Waals surface area (Å²) in [6.45, 7) is 5.49. The van der Waals surface area contributed by atoms with Crippen LogP contribution in [-0.2, 0) is 17.8 Å². The Hall–Kier alpha value is -2.33. The number of allylic oxidation sites excluding steroid dienone is 3. The monoisotopic (exact) mass is 496 g/mol. The Morgan fingerprint density at radius 2 is 1.44 bits per heavy atom. The maximum absolute atomic E-state index is 14.7. The summed E-state index contributed by atoms with van der Waals surface area (Å²) in [5.74, 6) is 1.56. The first-order chi connectivity index (χ1) is 17.4. The van der Waals surface area contributed by atoms with Crippen LogP contribution in [0.1, 0.15) is 92.4 Å². The quantitative estimate of drug-likeness (QED) is 0.314. The van der Waals surface area contributed by atoms with Gasteiger partial charge in [-0.15, -0.1) is 6.58 Å². The maximum Gasteiger partial charge on any atom is 0.360 e. The van der Waals surface area contributed by atoms with E-state index in [0.29, 0.717) is 29.2 Å². The van der Waals surface area contributed by atoms with Crippen molar-refractivity contribution < 1.29 is 17.9 Å². The number of halogens is 3. The van der Waals surface area contributed by atoms with Gasteiger partial charge in [-0.2, -0.15) is 8.78 Å². The van der Waals surface area contributed by atoms with Crippen LogP contribution in [0.2, 0.25) is 0 Å². The van der Waals surface area contributed by atoms with Gasteiger partial charge >= 0.3 is 6.11 Å². The summed E-state index contributed by atoms with van der Waals surface area (Å²) in [5.41, 5.74) is 2.86. The Bertz CT molecular complexity index is 1010. The minimum absolute atomic E-state index is 0.173. The molecule has 2 fully saturated rings. The Morgan fingerprint density at radius 3 is 2.03 bits per heavy atom. The van der Waals surface area contributed by atoms with Gasteiger partial charge in [-0.3, -0.25) is 0 Å². The molecule has 0 N–H and O–H groups in total. The van der Waals surface area contributed by atoms with Crippen molar-refractivity contribution in [3.05, 3.63) is 95.3 Å². The molecule has 0 bridgehead atoms. The summed E-state index contributed by atoms with van der Waals surface area (Å²) in [6, 6.07) is 12.5. The molecule has 4 heteroatoms. The van der Waals surface area contributed by atoms with Crippen molar-refractivity contribution in [3.8, 4) is 0 Å². The third-order valence-electron chi connectivity index (χ3n) is 8.19. The number of hydrogen-bond donors (Lipinski definition) is 0. The number of benzene rings is 2. The maximum atomic E-state index is 14.7. The van der Waals surface area contributed by atoms with E-state index in [-0.39, 0.29) is 5.56 Å². The van der Waals surface area contributed by atoms with Gasteiger partial charge in [0.15, 0.2) is 0 Å². The highest BCUT2D eigenvalue weighted by Gasteiger charge is 2.31. The molecule has 2 saturated carbocycles. The first-order valence-corrected chi connectivity index (χ1v) is 13.5. The predicted molar refractivity (Wildman–Crippen MR) is 141 cm³/mol. The SMILES string of the molecule is C=CC1CCC(c2ccc(CC(F)(F)OCc3ccc(C4CCC(/C=C/C)CC4)cc3F)cc2)CC1. The Morgan fingerprint density at radius 1 is 0.861 bits per heavy atom. The zero-order valence-electron chi connectivity index (χ0n) is 21.4. The van der Waals surface area contributed by atoms with Crippen molar-refractivity contribution in [2.24, 2.45) is 11.8 Å². The fraction of sp³-hybridized carbons (Fsp3) is 0.500. The summed E-state index contributed by atoms with van der Waals surface area (Å²) in [5, 5.41) is 0. The molecule has 2 aromatic carbocycles. The van der Waals surface area contributed by atoms with Crippen molar-refractivity contribution >= 4 is 0 Å². The summed E-state index contributed by atoms with van der Waals surface area (Å²) in [6.07, 6.45) is 11.2. The predicted octanol–water partition coefficient (Wildman–Crippen LogP) is 9.49. The zero-order valence-corrected chi connectivity index (χ0v) is 21.4. The van der Waals surface area contributed by atoms with Crippen LogP contribution < -0.4 is 0 Å². The third-order valence-corrected chi connectivity index (χ3v) is 8.19. The van der Waals surface area contributed by atoms with E-state index in [1.54, 1.807) is 18.2 Å². The molecule has 36 heavy (non-hydrogen) atoms. The van der Waals surface area contributed by atoms with Gasteiger partial charge in [-0.1, -0.05) is 54.6 Å². The van der Waals surface area contributed by atoms with Crippen LogP contribution in [-0.4, -0.2) is 6.11 Å². The largest absolute Gasteiger partial charge is 0.360 e. The average molecular weight is 497 g/mol. The summed E-state index contributed by atoms with van der Waals surface area (Å²) in [7, 11) is 0. The Kier molecular flexibility index (Phi) is 9.11.